The van der Waals surface area contributed by atoms with Gasteiger partial charge < -0.3 is 15.2 Å². The van der Waals surface area contributed by atoms with Gasteiger partial charge in [-0.1, -0.05) is 54.7 Å². The minimum absolute atomic E-state index is 0.00787. The van der Waals surface area contributed by atoms with Crippen molar-refractivity contribution < 1.29 is 14.3 Å². The summed E-state index contributed by atoms with van der Waals surface area (Å²) in [7, 11) is 1.62. The number of nitrogens with zero attached hydrogens (tertiary/aromatic N) is 2. The van der Waals surface area contributed by atoms with Gasteiger partial charge in [-0.2, -0.15) is 5.26 Å². The van der Waals surface area contributed by atoms with E-state index in [1.807, 2.05) is 49.1 Å². The van der Waals surface area contributed by atoms with E-state index < -0.39 is 5.92 Å². The van der Waals surface area contributed by atoms with Crippen LogP contribution >= 0.6 is 23.2 Å². The Morgan fingerprint density at radius 1 is 1.02 bits per heavy atom. The molecular formula is C34H33Cl2N3O3. The molecule has 1 aliphatic heterocycles. The zero-order chi connectivity index (χ0) is 30.3. The van der Waals surface area contributed by atoms with Crippen molar-refractivity contribution >= 4 is 34.7 Å². The summed E-state index contributed by atoms with van der Waals surface area (Å²) in [6.45, 7) is 8.48. The molecule has 0 saturated carbocycles. The first kappa shape index (κ1) is 29.6. The predicted molar refractivity (Wildman–Crippen MR) is 167 cm³/mol. The minimum atomic E-state index is -0.604. The largest absolute Gasteiger partial charge is 0.497 e. The van der Waals surface area contributed by atoms with Gasteiger partial charge in [-0.05, 0) is 84.8 Å². The van der Waals surface area contributed by atoms with E-state index in [2.05, 4.69) is 26.0 Å². The van der Waals surface area contributed by atoms with E-state index in [9.17, 15) is 10.1 Å². The van der Waals surface area contributed by atoms with Crippen LogP contribution in [0.5, 0.6) is 11.5 Å². The lowest BCUT2D eigenvalue weighted by atomic mass is 9.68. The van der Waals surface area contributed by atoms with Gasteiger partial charge in [-0.15, -0.1) is 0 Å². The summed E-state index contributed by atoms with van der Waals surface area (Å²) in [5, 5.41) is 11.3. The van der Waals surface area contributed by atoms with Crippen molar-refractivity contribution in [2.45, 2.75) is 53.1 Å². The Morgan fingerprint density at radius 2 is 1.71 bits per heavy atom. The molecule has 0 amide bonds. The Bertz CT molecular complexity index is 1680. The molecule has 0 saturated heterocycles. The highest BCUT2D eigenvalue weighted by atomic mass is 35.5. The molecule has 216 valence electrons. The quantitative estimate of drug-likeness (QED) is 0.307. The van der Waals surface area contributed by atoms with Gasteiger partial charge in [0, 0.05) is 23.4 Å². The van der Waals surface area contributed by atoms with Crippen LogP contribution in [0, 0.1) is 30.6 Å². The number of anilines is 1. The number of benzene rings is 3. The lowest BCUT2D eigenvalue weighted by Gasteiger charge is -2.44. The summed E-state index contributed by atoms with van der Waals surface area (Å²) in [5.41, 5.74) is 12.7. The van der Waals surface area contributed by atoms with Crippen LogP contribution in [-0.2, 0) is 11.4 Å². The third kappa shape index (κ3) is 5.47. The van der Waals surface area contributed by atoms with Crippen LogP contribution in [-0.4, -0.2) is 12.9 Å². The molecule has 5 rings (SSSR count). The number of carbonyl (C=O) groups excluding carboxylic acids is 1. The summed E-state index contributed by atoms with van der Waals surface area (Å²) in [6.07, 6.45) is 0.969. The molecule has 1 atom stereocenters. The molecule has 2 N–H and O–H groups in total. The second-order valence-electron chi connectivity index (χ2n) is 11.7. The molecule has 0 spiro atoms. The highest BCUT2D eigenvalue weighted by Crippen LogP contribution is 2.51. The van der Waals surface area contributed by atoms with Crippen molar-refractivity contribution in [1.82, 2.24) is 0 Å². The van der Waals surface area contributed by atoms with E-state index in [1.165, 1.54) is 0 Å². The fourth-order valence-corrected chi connectivity index (χ4v) is 6.28. The number of nitriles is 1. The van der Waals surface area contributed by atoms with Crippen molar-refractivity contribution in [2.24, 2.45) is 11.1 Å². The third-order valence-corrected chi connectivity index (χ3v) is 8.75. The normalized spacial score (nSPS) is 18.1. The molecule has 1 unspecified atom stereocenters. The highest BCUT2D eigenvalue weighted by Gasteiger charge is 2.45. The number of ether oxygens (including phenoxy) is 2. The maximum Gasteiger partial charge on any atom is 0.162 e. The van der Waals surface area contributed by atoms with E-state index in [4.69, 9.17) is 38.4 Å². The first-order valence-electron chi connectivity index (χ1n) is 13.7. The molecular weight excluding hydrogens is 569 g/mol. The molecule has 0 bridgehead atoms. The van der Waals surface area contributed by atoms with Crippen molar-refractivity contribution in [2.75, 3.05) is 12.0 Å². The van der Waals surface area contributed by atoms with E-state index in [-0.39, 0.29) is 17.0 Å². The SMILES string of the molecule is COc1ccc(OCc2cc(C)cc(C3C(C#N)=C(N)N(c4ccc(Cl)c(Cl)c4)C4=C3C(=O)CC(C)(C)C4)c2C)cc1. The summed E-state index contributed by atoms with van der Waals surface area (Å²) in [6, 6.07) is 19.1. The summed E-state index contributed by atoms with van der Waals surface area (Å²) in [5.74, 6) is 1.15. The predicted octanol–water partition coefficient (Wildman–Crippen LogP) is 8.14. The van der Waals surface area contributed by atoms with Crippen molar-refractivity contribution in [3.05, 3.63) is 110 Å². The number of aryl methyl sites for hydroxylation is 1. The molecule has 3 aromatic carbocycles. The highest BCUT2D eigenvalue weighted by molar-refractivity contribution is 6.42. The first-order valence-corrected chi connectivity index (χ1v) is 14.5. The number of methoxy groups -OCH3 is 1. The van der Waals surface area contributed by atoms with Crippen LogP contribution < -0.4 is 20.1 Å². The number of allylic oxidation sites excluding steroid dienone is 3. The smallest absolute Gasteiger partial charge is 0.162 e. The first-order chi connectivity index (χ1) is 19.9. The standard InChI is InChI=1S/C34H33Cl2N3O3/c1-19-12-21(18-42-24-9-7-23(41-5)8-10-24)20(2)25(13-19)31-26(17-37)33(38)39(22-6-11-27(35)28(36)14-22)29-15-34(3,4)16-30(40)32(29)31/h6-14,31H,15-16,18,38H2,1-5H3. The zero-order valence-corrected chi connectivity index (χ0v) is 25.9. The van der Waals surface area contributed by atoms with Gasteiger partial charge in [-0.3, -0.25) is 9.69 Å². The molecule has 6 nitrogen and oxygen atoms in total. The van der Waals surface area contributed by atoms with Gasteiger partial charge in [0.1, 0.15) is 23.9 Å². The summed E-state index contributed by atoms with van der Waals surface area (Å²) < 4.78 is 11.4. The van der Waals surface area contributed by atoms with Crippen LogP contribution in [0.1, 0.15) is 54.9 Å². The maximum atomic E-state index is 14.0. The number of hydrogen-bond donors (Lipinski definition) is 1. The number of rotatable bonds is 6. The number of ketones is 1. The summed E-state index contributed by atoms with van der Waals surface area (Å²) >= 11 is 12.6. The van der Waals surface area contributed by atoms with Crippen molar-refractivity contribution in [1.29, 1.82) is 5.26 Å². The van der Waals surface area contributed by atoms with Crippen LogP contribution in [0.25, 0.3) is 0 Å². The fraction of sp³-hybridized carbons (Fsp3) is 0.294. The Labute approximate surface area is 256 Å². The molecule has 0 fully saturated rings. The minimum Gasteiger partial charge on any atom is -0.497 e. The monoisotopic (exact) mass is 601 g/mol. The molecule has 0 aromatic heterocycles. The Kier molecular flexibility index (Phi) is 8.02. The van der Waals surface area contributed by atoms with Crippen LogP contribution in [0.2, 0.25) is 10.0 Å². The van der Waals surface area contributed by atoms with E-state index in [1.54, 1.807) is 25.3 Å². The molecule has 3 aromatic rings. The second kappa shape index (κ2) is 11.4. The molecule has 8 heteroatoms. The van der Waals surface area contributed by atoms with Gasteiger partial charge in [0.25, 0.3) is 0 Å². The number of nitrogens with two attached hydrogens (primary N) is 1. The molecule has 0 radical (unpaired) electrons. The maximum absolute atomic E-state index is 14.0. The number of halogens is 2. The van der Waals surface area contributed by atoms with Gasteiger partial charge >= 0.3 is 0 Å². The van der Waals surface area contributed by atoms with Gasteiger partial charge in [0.2, 0.25) is 0 Å². The average Bonchev–Trinajstić information content (AvgIpc) is 2.94. The molecule has 1 aliphatic carbocycles. The lowest BCUT2D eigenvalue weighted by Crippen LogP contribution is -2.42. The third-order valence-electron chi connectivity index (χ3n) is 8.01. The molecule has 2 aliphatic rings. The number of Topliss-reactive ketones (excluding diaryl/α,β-unsaturated/α-hetero) is 1. The zero-order valence-electron chi connectivity index (χ0n) is 24.3. The van der Waals surface area contributed by atoms with Crippen LogP contribution in [0.4, 0.5) is 5.69 Å². The average molecular weight is 603 g/mol. The molecule has 42 heavy (non-hydrogen) atoms. The van der Waals surface area contributed by atoms with Gasteiger partial charge in [0.15, 0.2) is 5.78 Å². The number of hydrogen-bond acceptors (Lipinski definition) is 6. The van der Waals surface area contributed by atoms with E-state index in [0.29, 0.717) is 52.1 Å². The van der Waals surface area contributed by atoms with Crippen LogP contribution in [0.15, 0.2) is 77.3 Å². The van der Waals surface area contributed by atoms with E-state index >= 15 is 0 Å². The fourth-order valence-electron chi connectivity index (χ4n) is 5.99. The lowest BCUT2D eigenvalue weighted by molar-refractivity contribution is -0.118. The number of carbonyl (C=O) groups is 1. The van der Waals surface area contributed by atoms with E-state index in [0.717, 1.165) is 33.7 Å². The van der Waals surface area contributed by atoms with Gasteiger partial charge in [-0.25, -0.2) is 0 Å². The Hall–Kier alpha value is -3.92. The second-order valence-corrected chi connectivity index (χ2v) is 12.5. The van der Waals surface area contributed by atoms with Crippen LogP contribution in [0.3, 0.4) is 0 Å². The van der Waals surface area contributed by atoms with Gasteiger partial charge in [0.05, 0.1) is 34.7 Å². The topological polar surface area (TPSA) is 88.6 Å². The van der Waals surface area contributed by atoms with Crippen molar-refractivity contribution in [3.63, 3.8) is 0 Å². The summed E-state index contributed by atoms with van der Waals surface area (Å²) in [4.78, 5) is 15.8. The van der Waals surface area contributed by atoms with Crippen molar-refractivity contribution in [3.8, 4) is 17.6 Å². The Balaban J connectivity index is 1.65. The molecule has 1 heterocycles. The Morgan fingerprint density at radius 3 is 2.36 bits per heavy atom.